The molecule has 0 aliphatic carbocycles. The van der Waals surface area contributed by atoms with Crippen LogP contribution in [0.2, 0.25) is 0 Å². The fraction of sp³-hybridized carbons (Fsp3) is 0.500. The topological polar surface area (TPSA) is 27.0 Å². The summed E-state index contributed by atoms with van der Waals surface area (Å²) in [5.74, 6) is 0. The molecule has 0 spiro atoms. The van der Waals surface area contributed by atoms with Crippen molar-refractivity contribution in [2.45, 2.75) is 38.6 Å². The lowest BCUT2D eigenvalue weighted by molar-refractivity contribution is 0.684. The number of nitriles is 1. The third-order valence-electron chi connectivity index (χ3n) is 2.81. The molecular weight excluding hydrogens is 276 g/mol. The van der Waals surface area contributed by atoms with Crippen LogP contribution < -0.4 is 4.90 Å². The van der Waals surface area contributed by atoms with Crippen molar-refractivity contribution in [3.63, 3.8) is 0 Å². The number of benzene rings is 1. The molecule has 3 heteroatoms. The molecule has 0 aliphatic rings. The number of aryl methyl sites for hydroxylation is 1. The summed E-state index contributed by atoms with van der Waals surface area (Å²) in [5, 5.41) is 9.60. The van der Waals surface area contributed by atoms with E-state index in [1.807, 2.05) is 0 Å². The van der Waals surface area contributed by atoms with Gasteiger partial charge in [-0.25, -0.2) is 0 Å². The zero-order valence-corrected chi connectivity index (χ0v) is 12.3. The van der Waals surface area contributed by atoms with E-state index in [4.69, 9.17) is 5.26 Å². The van der Waals surface area contributed by atoms with E-state index in [1.165, 1.54) is 16.8 Å². The molecule has 1 rings (SSSR count). The summed E-state index contributed by atoms with van der Waals surface area (Å²) in [5.41, 5.74) is 3.80. The third-order valence-corrected chi connectivity index (χ3v) is 3.46. The van der Waals surface area contributed by atoms with E-state index in [-0.39, 0.29) is 0 Å². The van der Waals surface area contributed by atoms with Crippen molar-refractivity contribution in [3.05, 3.63) is 29.3 Å². The van der Waals surface area contributed by atoms with Gasteiger partial charge in [-0.15, -0.1) is 0 Å². The van der Waals surface area contributed by atoms with Crippen LogP contribution in [0.25, 0.3) is 0 Å². The van der Waals surface area contributed by atoms with E-state index in [2.05, 4.69) is 65.9 Å². The molecule has 1 aromatic rings. The van der Waals surface area contributed by atoms with Gasteiger partial charge in [-0.1, -0.05) is 28.1 Å². The SMILES string of the molecule is Cc1cc(CBr)ccc1N(CCC#N)C(C)C. The van der Waals surface area contributed by atoms with E-state index in [0.29, 0.717) is 12.5 Å². The smallest absolute Gasteiger partial charge is 0.0640 e. The van der Waals surface area contributed by atoms with Gasteiger partial charge in [0.2, 0.25) is 0 Å². The first-order chi connectivity index (χ1) is 8.10. The molecule has 0 aliphatic heterocycles. The highest BCUT2D eigenvalue weighted by Crippen LogP contribution is 2.24. The second kappa shape index (κ2) is 6.66. The maximum Gasteiger partial charge on any atom is 0.0640 e. The van der Waals surface area contributed by atoms with Gasteiger partial charge in [0.1, 0.15) is 0 Å². The molecule has 0 atom stereocenters. The van der Waals surface area contributed by atoms with Crippen LogP contribution in [0.3, 0.4) is 0 Å². The molecule has 17 heavy (non-hydrogen) atoms. The average molecular weight is 295 g/mol. The Morgan fingerprint density at radius 2 is 2.12 bits per heavy atom. The lowest BCUT2D eigenvalue weighted by atomic mass is 10.1. The molecule has 0 heterocycles. The van der Waals surface area contributed by atoms with Crippen molar-refractivity contribution in [1.82, 2.24) is 0 Å². The highest BCUT2D eigenvalue weighted by atomic mass is 79.9. The van der Waals surface area contributed by atoms with Crippen LogP contribution in [-0.2, 0) is 5.33 Å². The lowest BCUT2D eigenvalue weighted by Gasteiger charge is -2.30. The summed E-state index contributed by atoms with van der Waals surface area (Å²) in [6, 6.07) is 9.12. The molecule has 0 saturated carbocycles. The van der Waals surface area contributed by atoms with Crippen LogP contribution in [0, 0.1) is 18.3 Å². The first-order valence-electron chi connectivity index (χ1n) is 5.89. The van der Waals surface area contributed by atoms with Crippen LogP contribution in [0.4, 0.5) is 5.69 Å². The van der Waals surface area contributed by atoms with E-state index in [1.54, 1.807) is 0 Å². The fourth-order valence-corrected chi connectivity index (χ4v) is 2.30. The predicted octanol–water partition coefficient (Wildman–Crippen LogP) is 4.02. The average Bonchev–Trinajstić information content (AvgIpc) is 2.30. The largest absolute Gasteiger partial charge is 0.368 e. The molecule has 0 bridgehead atoms. The Labute approximate surface area is 112 Å². The second-order valence-electron chi connectivity index (χ2n) is 4.45. The van der Waals surface area contributed by atoms with Gasteiger partial charge in [0.15, 0.2) is 0 Å². The number of alkyl halides is 1. The summed E-state index contributed by atoms with van der Waals surface area (Å²) in [6.07, 6.45) is 0.567. The monoisotopic (exact) mass is 294 g/mol. The van der Waals surface area contributed by atoms with Gasteiger partial charge in [-0.3, -0.25) is 0 Å². The molecule has 0 saturated heterocycles. The quantitative estimate of drug-likeness (QED) is 0.767. The summed E-state index contributed by atoms with van der Waals surface area (Å²) in [4.78, 5) is 2.29. The van der Waals surface area contributed by atoms with E-state index < -0.39 is 0 Å². The predicted molar refractivity (Wildman–Crippen MR) is 76.5 cm³/mol. The van der Waals surface area contributed by atoms with E-state index >= 15 is 0 Å². The molecule has 92 valence electrons. The van der Waals surface area contributed by atoms with Crippen LogP contribution in [0.5, 0.6) is 0 Å². The minimum atomic E-state index is 0.414. The fourth-order valence-electron chi connectivity index (χ4n) is 1.95. The molecule has 0 radical (unpaired) electrons. The van der Waals surface area contributed by atoms with Crippen molar-refractivity contribution in [2.24, 2.45) is 0 Å². The first kappa shape index (κ1) is 14.1. The summed E-state index contributed by atoms with van der Waals surface area (Å²) < 4.78 is 0. The molecule has 0 aromatic heterocycles. The van der Waals surface area contributed by atoms with Gasteiger partial charge in [-0.2, -0.15) is 5.26 Å². The Hall–Kier alpha value is -1.01. The van der Waals surface area contributed by atoms with Gasteiger partial charge >= 0.3 is 0 Å². The standard InChI is InChI=1S/C14H19BrN2/c1-11(2)17(8-4-7-16)14-6-5-13(10-15)9-12(14)3/h5-6,9,11H,4,8,10H2,1-3H3. The Balaban J connectivity index is 2.98. The minimum absolute atomic E-state index is 0.414. The van der Waals surface area contributed by atoms with Crippen LogP contribution in [0.15, 0.2) is 18.2 Å². The zero-order chi connectivity index (χ0) is 12.8. The van der Waals surface area contributed by atoms with E-state index in [9.17, 15) is 0 Å². The lowest BCUT2D eigenvalue weighted by Crippen LogP contribution is -2.32. The van der Waals surface area contributed by atoms with Crippen LogP contribution in [0.1, 0.15) is 31.4 Å². The molecule has 1 aromatic carbocycles. The highest BCUT2D eigenvalue weighted by molar-refractivity contribution is 9.08. The van der Waals surface area contributed by atoms with Gasteiger partial charge in [-0.05, 0) is 38.0 Å². The Bertz CT molecular complexity index is 407. The van der Waals surface area contributed by atoms with Crippen molar-refractivity contribution < 1.29 is 0 Å². The molecule has 0 amide bonds. The Kier molecular flexibility index (Phi) is 5.50. The van der Waals surface area contributed by atoms with Crippen molar-refractivity contribution in [3.8, 4) is 6.07 Å². The van der Waals surface area contributed by atoms with Crippen molar-refractivity contribution in [1.29, 1.82) is 5.26 Å². The van der Waals surface area contributed by atoms with Crippen molar-refractivity contribution >= 4 is 21.6 Å². The zero-order valence-electron chi connectivity index (χ0n) is 10.7. The second-order valence-corrected chi connectivity index (χ2v) is 5.01. The number of anilines is 1. The third kappa shape index (κ3) is 3.74. The van der Waals surface area contributed by atoms with Gasteiger partial charge in [0.05, 0.1) is 12.5 Å². The molecule has 2 nitrogen and oxygen atoms in total. The van der Waals surface area contributed by atoms with Gasteiger partial charge < -0.3 is 4.90 Å². The number of rotatable bonds is 5. The van der Waals surface area contributed by atoms with Gasteiger partial charge in [0.25, 0.3) is 0 Å². The first-order valence-corrected chi connectivity index (χ1v) is 7.01. The molecule has 0 unspecified atom stereocenters. The number of halogens is 1. The Morgan fingerprint density at radius 3 is 2.59 bits per heavy atom. The van der Waals surface area contributed by atoms with Crippen LogP contribution >= 0.6 is 15.9 Å². The summed E-state index contributed by atoms with van der Waals surface area (Å²) in [6.45, 7) is 7.25. The maximum absolute atomic E-state index is 8.71. The maximum atomic E-state index is 8.71. The number of hydrogen-bond acceptors (Lipinski definition) is 2. The number of nitrogens with zero attached hydrogens (tertiary/aromatic N) is 2. The minimum Gasteiger partial charge on any atom is -0.368 e. The Morgan fingerprint density at radius 1 is 1.41 bits per heavy atom. The normalized spacial score (nSPS) is 10.4. The molecular formula is C14H19BrN2. The molecule has 0 fully saturated rings. The number of hydrogen-bond donors (Lipinski definition) is 0. The summed E-state index contributed by atoms with van der Waals surface area (Å²) in [7, 11) is 0. The van der Waals surface area contributed by atoms with Gasteiger partial charge in [0, 0.05) is 23.6 Å². The van der Waals surface area contributed by atoms with Crippen LogP contribution in [-0.4, -0.2) is 12.6 Å². The highest BCUT2D eigenvalue weighted by Gasteiger charge is 2.12. The molecule has 0 N–H and O–H groups in total. The summed E-state index contributed by atoms with van der Waals surface area (Å²) >= 11 is 3.47. The van der Waals surface area contributed by atoms with E-state index in [0.717, 1.165) is 11.9 Å². The van der Waals surface area contributed by atoms with Crippen molar-refractivity contribution in [2.75, 3.05) is 11.4 Å².